The fourth-order valence-corrected chi connectivity index (χ4v) is 6.53. The number of benzene rings is 5. The Balaban J connectivity index is 1.71. The molecule has 158 valence electrons. The summed E-state index contributed by atoms with van der Waals surface area (Å²) < 4.78 is 0. The molecule has 0 radical (unpaired) electrons. The van der Waals surface area contributed by atoms with Gasteiger partial charge in [-0.1, -0.05) is 103 Å². The van der Waals surface area contributed by atoms with Crippen molar-refractivity contribution in [2.45, 2.75) is 12.0 Å². The lowest BCUT2D eigenvalue weighted by molar-refractivity contribution is 0.400. The van der Waals surface area contributed by atoms with Gasteiger partial charge in [-0.25, -0.2) is 0 Å². The molecule has 0 aliphatic heterocycles. The Labute approximate surface area is 194 Å². The third-order valence-electron chi connectivity index (χ3n) is 7.57. The molecule has 1 heteroatoms. The molecule has 0 fully saturated rings. The fourth-order valence-electron chi connectivity index (χ4n) is 6.53. The van der Waals surface area contributed by atoms with Crippen molar-refractivity contribution in [3.63, 3.8) is 0 Å². The Kier molecular flexibility index (Phi) is 3.81. The molecule has 1 unspecified atom stereocenters. The van der Waals surface area contributed by atoms with Crippen molar-refractivity contribution in [3.8, 4) is 22.3 Å². The SMILES string of the molecule is CN(C)Cc1cccc2c1C1(c3ccccc3-2)c2ccccc2-c2c1ccc1ccccc21. The van der Waals surface area contributed by atoms with Crippen LogP contribution in [0, 0.1) is 0 Å². The second-order valence-corrected chi connectivity index (χ2v) is 9.63. The normalized spacial score (nSPS) is 17.3. The molecule has 1 spiro atoms. The van der Waals surface area contributed by atoms with Crippen molar-refractivity contribution in [1.82, 2.24) is 4.90 Å². The average molecular weight is 424 g/mol. The zero-order valence-corrected chi connectivity index (χ0v) is 19.0. The molecular formula is C32H25N. The molecule has 0 saturated heterocycles. The molecule has 0 amide bonds. The van der Waals surface area contributed by atoms with E-state index < -0.39 is 0 Å². The average Bonchev–Trinajstić information content (AvgIpc) is 3.32. The van der Waals surface area contributed by atoms with E-state index in [0.29, 0.717) is 0 Å². The van der Waals surface area contributed by atoms with Gasteiger partial charge in [0.2, 0.25) is 0 Å². The minimum absolute atomic E-state index is 0.283. The topological polar surface area (TPSA) is 3.24 Å². The quantitative estimate of drug-likeness (QED) is 0.283. The standard InChI is InChI=1S/C32H25N/c1-33(2)20-22-11-9-15-25-24-13-5-7-16-27(24)32(31(22)25)28-17-8-6-14-26(28)30-23-12-4-3-10-21(23)18-19-29(30)32/h3-19H,20H2,1-2H3. The number of hydrogen-bond donors (Lipinski definition) is 0. The van der Waals surface area contributed by atoms with E-state index in [1.807, 2.05) is 0 Å². The van der Waals surface area contributed by atoms with Crippen molar-refractivity contribution in [3.05, 3.63) is 131 Å². The van der Waals surface area contributed by atoms with Crippen LogP contribution in [0.5, 0.6) is 0 Å². The first-order valence-electron chi connectivity index (χ1n) is 11.7. The summed E-state index contributed by atoms with van der Waals surface area (Å²) in [6, 6.07) is 38.6. The first kappa shape index (κ1) is 18.8. The Bertz CT molecular complexity index is 1580. The first-order valence-corrected chi connectivity index (χ1v) is 11.7. The summed E-state index contributed by atoms with van der Waals surface area (Å²) in [4.78, 5) is 2.29. The van der Waals surface area contributed by atoms with Crippen molar-refractivity contribution in [2.75, 3.05) is 14.1 Å². The molecule has 1 atom stereocenters. The van der Waals surface area contributed by atoms with Crippen molar-refractivity contribution in [1.29, 1.82) is 0 Å². The number of rotatable bonds is 2. The molecule has 0 aromatic heterocycles. The first-order chi connectivity index (χ1) is 16.2. The van der Waals surface area contributed by atoms with Gasteiger partial charge in [-0.05, 0) is 74.9 Å². The Hall–Kier alpha value is -3.68. The summed E-state index contributed by atoms with van der Waals surface area (Å²) in [7, 11) is 4.33. The van der Waals surface area contributed by atoms with Crippen LogP contribution in [-0.4, -0.2) is 19.0 Å². The minimum Gasteiger partial charge on any atom is -0.305 e. The number of fused-ring (bicyclic) bond motifs is 12. The van der Waals surface area contributed by atoms with Crippen LogP contribution in [0.1, 0.15) is 27.8 Å². The van der Waals surface area contributed by atoms with E-state index in [0.717, 1.165) is 6.54 Å². The maximum absolute atomic E-state index is 2.40. The molecule has 0 saturated carbocycles. The van der Waals surface area contributed by atoms with Crippen LogP contribution in [0.3, 0.4) is 0 Å². The van der Waals surface area contributed by atoms with Crippen LogP contribution in [0.15, 0.2) is 103 Å². The molecule has 1 nitrogen and oxygen atoms in total. The highest BCUT2D eigenvalue weighted by molar-refractivity contribution is 6.06. The lowest BCUT2D eigenvalue weighted by atomic mass is 9.69. The second kappa shape index (κ2) is 6.66. The molecule has 2 aliphatic rings. The fraction of sp³-hybridized carbons (Fsp3) is 0.125. The highest BCUT2D eigenvalue weighted by Gasteiger charge is 2.52. The van der Waals surface area contributed by atoms with Crippen LogP contribution in [-0.2, 0) is 12.0 Å². The summed E-state index contributed by atoms with van der Waals surface area (Å²) in [5.41, 5.74) is 12.3. The summed E-state index contributed by atoms with van der Waals surface area (Å²) in [5.74, 6) is 0. The summed E-state index contributed by atoms with van der Waals surface area (Å²) in [6.07, 6.45) is 0. The maximum atomic E-state index is 2.40. The monoisotopic (exact) mass is 423 g/mol. The molecule has 0 bridgehead atoms. The van der Waals surface area contributed by atoms with Crippen LogP contribution in [0.2, 0.25) is 0 Å². The molecule has 0 N–H and O–H groups in total. The van der Waals surface area contributed by atoms with Gasteiger partial charge in [0.15, 0.2) is 0 Å². The van der Waals surface area contributed by atoms with Gasteiger partial charge < -0.3 is 4.90 Å². The molecule has 33 heavy (non-hydrogen) atoms. The molecule has 5 aromatic carbocycles. The van der Waals surface area contributed by atoms with Gasteiger partial charge in [-0.15, -0.1) is 0 Å². The van der Waals surface area contributed by atoms with E-state index in [4.69, 9.17) is 0 Å². The zero-order valence-electron chi connectivity index (χ0n) is 19.0. The molecule has 2 aliphatic carbocycles. The lowest BCUT2D eigenvalue weighted by Gasteiger charge is -2.32. The minimum atomic E-state index is -0.283. The van der Waals surface area contributed by atoms with Gasteiger partial charge in [0.05, 0.1) is 5.41 Å². The van der Waals surface area contributed by atoms with Crippen LogP contribution < -0.4 is 0 Å². The summed E-state index contributed by atoms with van der Waals surface area (Å²) in [5, 5.41) is 2.64. The van der Waals surface area contributed by atoms with Gasteiger partial charge in [0.1, 0.15) is 0 Å². The summed E-state index contributed by atoms with van der Waals surface area (Å²) >= 11 is 0. The van der Waals surface area contributed by atoms with Gasteiger partial charge in [-0.3, -0.25) is 0 Å². The third kappa shape index (κ3) is 2.30. The van der Waals surface area contributed by atoms with Crippen LogP contribution in [0.4, 0.5) is 0 Å². The third-order valence-corrected chi connectivity index (χ3v) is 7.57. The Morgan fingerprint density at radius 3 is 2.06 bits per heavy atom. The predicted octanol–water partition coefficient (Wildman–Crippen LogP) is 7.24. The largest absolute Gasteiger partial charge is 0.305 e. The number of hydrogen-bond acceptors (Lipinski definition) is 1. The van der Waals surface area contributed by atoms with E-state index in [-0.39, 0.29) is 5.41 Å². The van der Waals surface area contributed by atoms with E-state index in [2.05, 4.69) is 122 Å². The van der Waals surface area contributed by atoms with Crippen molar-refractivity contribution in [2.24, 2.45) is 0 Å². The predicted molar refractivity (Wildman–Crippen MR) is 138 cm³/mol. The lowest BCUT2D eigenvalue weighted by Crippen LogP contribution is -2.28. The molecule has 5 aromatic rings. The van der Waals surface area contributed by atoms with Crippen LogP contribution in [0.25, 0.3) is 33.0 Å². The highest BCUT2D eigenvalue weighted by Crippen LogP contribution is 2.64. The summed E-state index contributed by atoms with van der Waals surface area (Å²) in [6.45, 7) is 0.921. The van der Waals surface area contributed by atoms with E-state index >= 15 is 0 Å². The van der Waals surface area contributed by atoms with Gasteiger partial charge in [0, 0.05) is 6.54 Å². The second-order valence-electron chi connectivity index (χ2n) is 9.63. The molecular weight excluding hydrogens is 398 g/mol. The molecule has 0 heterocycles. The maximum Gasteiger partial charge on any atom is 0.0728 e. The van der Waals surface area contributed by atoms with E-state index in [9.17, 15) is 0 Å². The highest BCUT2D eigenvalue weighted by atomic mass is 15.0. The van der Waals surface area contributed by atoms with Gasteiger partial charge in [-0.2, -0.15) is 0 Å². The zero-order chi connectivity index (χ0) is 22.2. The Morgan fingerprint density at radius 1 is 0.576 bits per heavy atom. The van der Waals surface area contributed by atoms with Gasteiger partial charge >= 0.3 is 0 Å². The van der Waals surface area contributed by atoms with Crippen molar-refractivity contribution >= 4 is 10.8 Å². The van der Waals surface area contributed by atoms with E-state index in [1.165, 1.54) is 60.8 Å². The van der Waals surface area contributed by atoms with Gasteiger partial charge in [0.25, 0.3) is 0 Å². The molecule has 7 rings (SSSR count). The van der Waals surface area contributed by atoms with Crippen molar-refractivity contribution < 1.29 is 0 Å². The van der Waals surface area contributed by atoms with E-state index in [1.54, 1.807) is 0 Å². The number of nitrogens with zero attached hydrogens (tertiary/aromatic N) is 1. The van der Waals surface area contributed by atoms with Crippen LogP contribution >= 0.6 is 0 Å². The Morgan fingerprint density at radius 2 is 1.24 bits per heavy atom. The smallest absolute Gasteiger partial charge is 0.0728 e.